The number of anilines is 6. The molecular weight excluding hydrogens is 909 g/mol. The highest BCUT2D eigenvalue weighted by atomic mass is 16.3. The van der Waals surface area contributed by atoms with E-state index in [1.165, 1.54) is 66.7 Å². The highest BCUT2D eigenvalue weighted by molar-refractivity contribution is 6.14. The third kappa shape index (κ3) is 9.39. The summed E-state index contributed by atoms with van der Waals surface area (Å²) >= 11 is 0. The first-order valence-corrected chi connectivity index (χ1v) is 26.7. The van der Waals surface area contributed by atoms with Gasteiger partial charge in [0.25, 0.3) is 0 Å². The largest absolute Gasteiger partial charge is 0.456 e. The van der Waals surface area contributed by atoms with Gasteiger partial charge in [-0.2, -0.15) is 0 Å². The van der Waals surface area contributed by atoms with Gasteiger partial charge in [0.05, 0.1) is 11.4 Å². The SMILES string of the molecule is CC(C)(C)c1cccc(N(c2ccc3cc4c(cc3c2)oc2cc3cc(N(c5cccc(C(C)(C)C)c5)c5c(-c6ccccc6)cccc5C(C)(C)C)ccc3cc24)c2c(-c3ccccc3)cccc2C(C)(C)C)c1. The molecule has 0 bridgehead atoms. The van der Waals surface area contributed by atoms with Crippen molar-refractivity contribution in [2.45, 2.75) is 105 Å². The second-order valence-corrected chi connectivity index (χ2v) is 24.8. The van der Waals surface area contributed by atoms with E-state index in [1.54, 1.807) is 0 Å². The van der Waals surface area contributed by atoms with Crippen molar-refractivity contribution < 1.29 is 4.42 Å². The molecule has 0 spiro atoms. The Labute approximate surface area is 445 Å². The monoisotopic (exact) mass is 979 g/mol. The zero-order valence-electron chi connectivity index (χ0n) is 45.9. The molecule has 0 atom stereocenters. The molecule has 374 valence electrons. The summed E-state index contributed by atoms with van der Waals surface area (Å²) in [6, 6.07) is 76.5. The second kappa shape index (κ2) is 18.5. The van der Waals surface area contributed by atoms with Gasteiger partial charge in [-0.05, 0) is 149 Å². The molecule has 10 aromatic carbocycles. The van der Waals surface area contributed by atoms with E-state index in [1.807, 2.05) is 0 Å². The highest BCUT2D eigenvalue weighted by Crippen LogP contribution is 2.50. The van der Waals surface area contributed by atoms with E-state index in [2.05, 4.69) is 299 Å². The second-order valence-electron chi connectivity index (χ2n) is 24.8. The van der Waals surface area contributed by atoms with E-state index in [9.17, 15) is 0 Å². The third-order valence-corrected chi connectivity index (χ3v) is 15.1. The lowest BCUT2D eigenvalue weighted by Crippen LogP contribution is -2.21. The molecule has 0 aliphatic carbocycles. The van der Waals surface area contributed by atoms with Gasteiger partial charge in [-0.1, -0.05) is 217 Å². The summed E-state index contributed by atoms with van der Waals surface area (Å²) in [5.41, 5.74) is 18.2. The molecule has 0 saturated heterocycles. The molecule has 0 amide bonds. The number of benzene rings is 10. The topological polar surface area (TPSA) is 19.6 Å². The van der Waals surface area contributed by atoms with Crippen LogP contribution in [0.3, 0.4) is 0 Å². The number of hydrogen-bond donors (Lipinski definition) is 0. The van der Waals surface area contributed by atoms with Crippen LogP contribution in [0.25, 0.3) is 65.7 Å². The normalized spacial score (nSPS) is 12.5. The van der Waals surface area contributed by atoms with Crippen LogP contribution in [0.1, 0.15) is 105 Å². The molecule has 3 nitrogen and oxygen atoms in total. The van der Waals surface area contributed by atoms with E-state index < -0.39 is 0 Å². The minimum absolute atomic E-state index is 0.0306. The van der Waals surface area contributed by atoms with Gasteiger partial charge < -0.3 is 14.2 Å². The minimum atomic E-state index is -0.140. The summed E-state index contributed by atoms with van der Waals surface area (Å²) < 4.78 is 6.97. The fraction of sp³-hybridized carbons (Fsp3) is 0.222. The zero-order valence-corrected chi connectivity index (χ0v) is 45.9. The van der Waals surface area contributed by atoms with Gasteiger partial charge in [0.2, 0.25) is 0 Å². The summed E-state index contributed by atoms with van der Waals surface area (Å²) in [6.07, 6.45) is 0. The van der Waals surface area contributed by atoms with Gasteiger partial charge in [0.15, 0.2) is 0 Å². The maximum absolute atomic E-state index is 6.97. The van der Waals surface area contributed by atoms with Crippen LogP contribution in [0.15, 0.2) is 211 Å². The van der Waals surface area contributed by atoms with Gasteiger partial charge in [-0.15, -0.1) is 0 Å². The van der Waals surface area contributed by atoms with Gasteiger partial charge >= 0.3 is 0 Å². The number of rotatable bonds is 8. The molecule has 1 heterocycles. The maximum atomic E-state index is 6.97. The number of fused-ring (bicyclic) bond motifs is 5. The van der Waals surface area contributed by atoms with Crippen molar-refractivity contribution in [3.8, 4) is 22.3 Å². The Balaban J connectivity index is 1.09. The molecular formula is C72H70N2O. The smallest absolute Gasteiger partial charge is 0.136 e. The lowest BCUT2D eigenvalue weighted by molar-refractivity contribution is 0.589. The van der Waals surface area contributed by atoms with Crippen molar-refractivity contribution in [3.05, 3.63) is 229 Å². The van der Waals surface area contributed by atoms with Gasteiger partial charge in [-0.3, -0.25) is 0 Å². The van der Waals surface area contributed by atoms with Crippen LogP contribution in [0.4, 0.5) is 34.1 Å². The quantitative estimate of drug-likeness (QED) is 0.151. The first kappa shape index (κ1) is 49.3. The van der Waals surface area contributed by atoms with Crippen LogP contribution in [-0.2, 0) is 21.7 Å². The number of hydrogen-bond acceptors (Lipinski definition) is 3. The Bertz CT molecular complexity index is 3670. The number of para-hydroxylation sites is 2. The average molecular weight is 979 g/mol. The molecule has 11 rings (SSSR count). The van der Waals surface area contributed by atoms with E-state index >= 15 is 0 Å². The lowest BCUT2D eigenvalue weighted by Gasteiger charge is -2.35. The van der Waals surface area contributed by atoms with E-state index in [0.29, 0.717) is 0 Å². The van der Waals surface area contributed by atoms with Crippen LogP contribution in [0, 0.1) is 0 Å². The summed E-state index contributed by atoms with van der Waals surface area (Å²) in [4.78, 5) is 4.99. The molecule has 0 saturated carbocycles. The molecule has 0 N–H and O–H groups in total. The molecule has 75 heavy (non-hydrogen) atoms. The lowest BCUT2D eigenvalue weighted by atomic mass is 9.82. The van der Waals surface area contributed by atoms with Crippen molar-refractivity contribution in [3.63, 3.8) is 0 Å². The van der Waals surface area contributed by atoms with Crippen molar-refractivity contribution in [2.24, 2.45) is 0 Å². The van der Waals surface area contributed by atoms with E-state index in [0.717, 1.165) is 55.5 Å². The van der Waals surface area contributed by atoms with Crippen LogP contribution in [0.2, 0.25) is 0 Å². The Kier molecular flexibility index (Phi) is 12.2. The predicted octanol–water partition coefficient (Wildman–Crippen LogP) is 21.4. The summed E-state index contributed by atoms with van der Waals surface area (Å²) in [5, 5.41) is 6.81. The molecule has 0 radical (unpaired) electrons. The van der Waals surface area contributed by atoms with Crippen LogP contribution in [0.5, 0.6) is 0 Å². The van der Waals surface area contributed by atoms with Crippen molar-refractivity contribution in [1.29, 1.82) is 0 Å². The molecule has 3 heteroatoms. The standard InChI is InChI=1S/C72H70N2O/c1-69(2,3)53-27-19-29-55(45-53)73(67-59(47-23-15-13-16-24-47)31-21-33-63(67)71(7,8)9)57-37-35-49-41-61-62-42-50-36-38-58(40-52(50)44-66(62)75-65(61)43-51(49)39-57)74(56-30-20-28-54(46-56)70(4,5)6)68-60(48-25-17-14-18-26-48)32-22-34-64(68)72(10,11)12/h13-46H,1-12H3. The Morgan fingerprint density at radius 2 is 0.667 bits per heavy atom. The van der Waals surface area contributed by atoms with Crippen LogP contribution in [-0.4, -0.2) is 0 Å². The molecule has 0 aliphatic rings. The average Bonchev–Trinajstić information content (AvgIpc) is 3.73. The number of nitrogens with zero attached hydrogens (tertiary/aromatic N) is 2. The molecule has 0 fully saturated rings. The molecule has 11 aromatic rings. The summed E-state index contributed by atoms with van der Waals surface area (Å²) in [6.45, 7) is 27.7. The molecule has 0 aliphatic heterocycles. The van der Waals surface area contributed by atoms with Crippen molar-refractivity contribution in [2.75, 3.05) is 9.80 Å². The Morgan fingerprint density at radius 3 is 1.04 bits per heavy atom. The Morgan fingerprint density at radius 1 is 0.293 bits per heavy atom. The van der Waals surface area contributed by atoms with Crippen molar-refractivity contribution >= 4 is 77.6 Å². The van der Waals surface area contributed by atoms with Gasteiger partial charge in [0.1, 0.15) is 11.2 Å². The van der Waals surface area contributed by atoms with E-state index in [4.69, 9.17) is 4.42 Å². The number of furan rings is 1. The predicted molar refractivity (Wildman–Crippen MR) is 324 cm³/mol. The first-order chi connectivity index (χ1) is 35.7. The molecule has 0 unspecified atom stereocenters. The Hall–Kier alpha value is -7.88. The fourth-order valence-corrected chi connectivity index (χ4v) is 11.0. The van der Waals surface area contributed by atoms with Gasteiger partial charge in [0, 0.05) is 44.6 Å². The zero-order chi connectivity index (χ0) is 52.6. The van der Waals surface area contributed by atoms with Gasteiger partial charge in [-0.25, -0.2) is 0 Å². The molecule has 1 aromatic heterocycles. The summed E-state index contributed by atoms with van der Waals surface area (Å²) in [5.74, 6) is 0. The first-order valence-electron chi connectivity index (χ1n) is 26.7. The van der Waals surface area contributed by atoms with Crippen LogP contribution < -0.4 is 9.80 Å². The fourth-order valence-electron chi connectivity index (χ4n) is 11.0. The highest BCUT2D eigenvalue weighted by Gasteiger charge is 2.30. The van der Waals surface area contributed by atoms with E-state index in [-0.39, 0.29) is 21.7 Å². The summed E-state index contributed by atoms with van der Waals surface area (Å²) in [7, 11) is 0. The van der Waals surface area contributed by atoms with Crippen molar-refractivity contribution in [1.82, 2.24) is 0 Å². The third-order valence-electron chi connectivity index (χ3n) is 15.1. The maximum Gasteiger partial charge on any atom is 0.136 e. The van der Waals surface area contributed by atoms with Crippen LogP contribution >= 0.6 is 0 Å². The minimum Gasteiger partial charge on any atom is -0.456 e.